The molecule has 1 saturated heterocycles. The lowest BCUT2D eigenvalue weighted by molar-refractivity contribution is -0.173. The fourth-order valence-corrected chi connectivity index (χ4v) is 3.04. The van der Waals surface area contributed by atoms with E-state index in [2.05, 4.69) is 0 Å². The number of anilines is 2. The third-order valence-corrected chi connectivity index (χ3v) is 4.15. The largest absolute Gasteiger partial charge is 0.429 e. The van der Waals surface area contributed by atoms with Crippen LogP contribution >= 0.6 is 0 Å². The first-order chi connectivity index (χ1) is 12.5. The predicted octanol–water partition coefficient (Wildman–Crippen LogP) is 3.08. The maximum atomic E-state index is 13.8. The molecule has 26 heavy (non-hydrogen) atoms. The summed E-state index contributed by atoms with van der Waals surface area (Å²) < 4.78 is 28.7. The first-order valence-corrected chi connectivity index (χ1v) is 7.97. The van der Waals surface area contributed by atoms with Gasteiger partial charge in [-0.05, 0) is 24.3 Å². The number of urea groups is 1. The SMILES string of the molecule is CC1(F)Oc2ccc(N3CCN(c4cccc(OC=O)c4)C3=O)cc2O1. The Kier molecular flexibility index (Phi) is 3.68. The summed E-state index contributed by atoms with van der Waals surface area (Å²) in [5, 5.41) is 0. The summed E-state index contributed by atoms with van der Waals surface area (Å²) in [7, 11) is 0. The van der Waals surface area contributed by atoms with E-state index in [0.29, 0.717) is 42.4 Å². The summed E-state index contributed by atoms with van der Waals surface area (Å²) in [6.07, 6.45) is 0. The van der Waals surface area contributed by atoms with Crippen molar-refractivity contribution in [2.75, 3.05) is 22.9 Å². The van der Waals surface area contributed by atoms with E-state index >= 15 is 0 Å². The van der Waals surface area contributed by atoms with Crippen molar-refractivity contribution < 1.29 is 28.2 Å². The average molecular weight is 358 g/mol. The standard InChI is InChI=1S/C18H15FN2O5/c1-18(19)25-15-6-5-13(10-16(15)26-18)21-8-7-20(17(21)23)12-3-2-4-14(9-12)24-11-22/h2-6,9-11H,7-8H2,1H3. The Labute approximate surface area is 148 Å². The number of fused-ring (bicyclic) bond motifs is 1. The molecule has 0 radical (unpaired) electrons. The number of carbonyl (C=O) groups is 2. The summed E-state index contributed by atoms with van der Waals surface area (Å²) >= 11 is 0. The van der Waals surface area contributed by atoms with Crippen LogP contribution in [-0.2, 0) is 4.79 Å². The number of benzene rings is 2. The van der Waals surface area contributed by atoms with Crippen LogP contribution < -0.4 is 24.0 Å². The molecular formula is C18H15FN2O5. The molecule has 2 aromatic carbocycles. The van der Waals surface area contributed by atoms with Crippen molar-refractivity contribution in [2.24, 2.45) is 0 Å². The Morgan fingerprint density at radius 2 is 1.77 bits per heavy atom. The van der Waals surface area contributed by atoms with Crippen LogP contribution in [0.5, 0.6) is 17.2 Å². The minimum atomic E-state index is -2.21. The van der Waals surface area contributed by atoms with Crippen molar-refractivity contribution in [3.8, 4) is 17.2 Å². The van der Waals surface area contributed by atoms with Crippen LogP contribution in [0.25, 0.3) is 0 Å². The number of hydrogen-bond donors (Lipinski definition) is 0. The minimum Gasteiger partial charge on any atom is -0.429 e. The zero-order chi connectivity index (χ0) is 18.3. The van der Waals surface area contributed by atoms with E-state index in [4.69, 9.17) is 14.2 Å². The van der Waals surface area contributed by atoms with E-state index in [9.17, 15) is 14.0 Å². The maximum absolute atomic E-state index is 13.8. The Hall–Kier alpha value is -3.29. The molecule has 0 saturated carbocycles. The van der Waals surface area contributed by atoms with Gasteiger partial charge in [-0.25, -0.2) is 4.79 Å². The number of ether oxygens (including phenoxy) is 3. The molecule has 0 N–H and O–H groups in total. The number of rotatable bonds is 4. The number of carbonyl (C=O) groups excluding carboxylic acids is 2. The number of alkyl halides is 1. The van der Waals surface area contributed by atoms with Crippen molar-refractivity contribution in [1.29, 1.82) is 0 Å². The molecule has 2 aromatic rings. The van der Waals surface area contributed by atoms with Gasteiger partial charge in [0.25, 0.3) is 6.47 Å². The number of nitrogens with zero attached hydrogens (tertiary/aromatic N) is 2. The summed E-state index contributed by atoms with van der Waals surface area (Å²) in [6, 6.07) is 9.08. The highest BCUT2D eigenvalue weighted by atomic mass is 19.2. The quantitative estimate of drug-likeness (QED) is 0.786. The topological polar surface area (TPSA) is 68.3 Å². The Morgan fingerprint density at radius 1 is 1.08 bits per heavy atom. The molecule has 134 valence electrons. The third-order valence-electron chi connectivity index (χ3n) is 4.15. The monoisotopic (exact) mass is 358 g/mol. The molecule has 1 fully saturated rings. The highest BCUT2D eigenvalue weighted by molar-refractivity contribution is 6.06. The van der Waals surface area contributed by atoms with Crippen molar-refractivity contribution in [1.82, 2.24) is 0 Å². The van der Waals surface area contributed by atoms with Crippen LogP contribution in [0.4, 0.5) is 20.6 Å². The lowest BCUT2D eigenvalue weighted by atomic mass is 10.2. The van der Waals surface area contributed by atoms with Crippen LogP contribution in [0.15, 0.2) is 42.5 Å². The Bertz CT molecular complexity index is 886. The van der Waals surface area contributed by atoms with Gasteiger partial charge in [-0.3, -0.25) is 14.6 Å². The zero-order valence-corrected chi connectivity index (χ0v) is 13.8. The first kappa shape index (κ1) is 16.2. The van der Waals surface area contributed by atoms with Crippen LogP contribution in [-0.4, -0.2) is 31.6 Å². The molecule has 2 amide bonds. The fraction of sp³-hybridized carbons (Fsp3) is 0.222. The van der Waals surface area contributed by atoms with E-state index in [1.165, 1.54) is 6.92 Å². The highest BCUT2D eigenvalue weighted by Gasteiger charge is 2.38. The van der Waals surface area contributed by atoms with Crippen molar-refractivity contribution >= 4 is 23.9 Å². The molecule has 0 aromatic heterocycles. The van der Waals surface area contributed by atoms with E-state index in [1.807, 2.05) is 0 Å². The second-order valence-electron chi connectivity index (χ2n) is 5.97. The molecule has 4 rings (SSSR count). The van der Waals surface area contributed by atoms with Gasteiger partial charge in [0.1, 0.15) is 5.75 Å². The van der Waals surface area contributed by atoms with Crippen molar-refractivity contribution in [3.63, 3.8) is 0 Å². The molecule has 8 heteroatoms. The summed E-state index contributed by atoms with van der Waals surface area (Å²) in [5.74, 6) is 0.898. The average Bonchev–Trinajstić information content (AvgIpc) is 3.12. The number of amides is 2. The molecule has 2 heterocycles. The Balaban J connectivity index is 1.57. The molecule has 7 nitrogen and oxygen atoms in total. The van der Waals surface area contributed by atoms with Crippen LogP contribution in [0, 0.1) is 0 Å². The highest BCUT2D eigenvalue weighted by Crippen LogP contribution is 2.42. The molecule has 1 atom stereocenters. The van der Waals surface area contributed by atoms with Gasteiger partial charge >= 0.3 is 12.1 Å². The second-order valence-corrected chi connectivity index (χ2v) is 5.97. The third kappa shape index (κ3) is 2.79. The second kappa shape index (κ2) is 5.91. The summed E-state index contributed by atoms with van der Waals surface area (Å²) in [4.78, 5) is 26.4. The molecule has 0 bridgehead atoms. The van der Waals surface area contributed by atoms with Gasteiger partial charge in [-0.2, -0.15) is 4.39 Å². The van der Waals surface area contributed by atoms with Crippen LogP contribution in [0.2, 0.25) is 0 Å². The van der Waals surface area contributed by atoms with Crippen LogP contribution in [0.3, 0.4) is 0 Å². The van der Waals surface area contributed by atoms with Gasteiger partial charge in [0.2, 0.25) is 0 Å². The van der Waals surface area contributed by atoms with Gasteiger partial charge in [0, 0.05) is 43.5 Å². The normalized spacial score (nSPS) is 21.2. The van der Waals surface area contributed by atoms with E-state index in [0.717, 1.165) is 0 Å². The van der Waals surface area contributed by atoms with Gasteiger partial charge in [-0.15, -0.1) is 0 Å². The van der Waals surface area contributed by atoms with E-state index in [1.54, 1.807) is 52.3 Å². The fourth-order valence-electron chi connectivity index (χ4n) is 3.04. The van der Waals surface area contributed by atoms with Gasteiger partial charge in [0.05, 0.1) is 0 Å². The van der Waals surface area contributed by atoms with Crippen LogP contribution in [0.1, 0.15) is 6.92 Å². The van der Waals surface area contributed by atoms with Crippen molar-refractivity contribution in [3.05, 3.63) is 42.5 Å². The van der Waals surface area contributed by atoms with E-state index in [-0.39, 0.29) is 11.8 Å². The smallest absolute Gasteiger partial charge is 0.404 e. The van der Waals surface area contributed by atoms with Gasteiger partial charge in [0.15, 0.2) is 11.5 Å². The van der Waals surface area contributed by atoms with Gasteiger partial charge in [-0.1, -0.05) is 6.07 Å². The maximum Gasteiger partial charge on any atom is 0.404 e. The molecule has 1 unspecified atom stereocenters. The predicted molar refractivity (Wildman–Crippen MR) is 90.4 cm³/mol. The summed E-state index contributed by atoms with van der Waals surface area (Å²) in [6.45, 7) is 2.41. The minimum absolute atomic E-state index is 0.241. The number of halogens is 1. The zero-order valence-electron chi connectivity index (χ0n) is 13.8. The Morgan fingerprint density at radius 3 is 2.50 bits per heavy atom. The molecular weight excluding hydrogens is 343 g/mol. The number of hydrogen-bond acceptors (Lipinski definition) is 5. The lowest BCUT2D eigenvalue weighted by Gasteiger charge is -2.19. The molecule has 0 spiro atoms. The molecule has 2 aliphatic heterocycles. The summed E-state index contributed by atoms with van der Waals surface area (Å²) in [5.41, 5.74) is 1.20. The molecule has 0 aliphatic carbocycles. The van der Waals surface area contributed by atoms with Crippen molar-refractivity contribution in [2.45, 2.75) is 13.0 Å². The molecule has 2 aliphatic rings. The van der Waals surface area contributed by atoms with Gasteiger partial charge < -0.3 is 14.2 Å². The first-order valence-electron chi connectivity index (χ1n) is 7.97. The van der Waals surface area contributed by atoms with E-state index < -0.39 is 6.04 Å². The lowest BCUT2D eigenvalue weighted by Crippen LogP contribution is -2.31.